The number of alkyl halides is 3. The number of nitrogens with zero attached hydrogens (tertiary/aromatic N) is 1. The number of aliphatic imine (C=N–C) groups is 1. The summed E-state index contributed by atoms with van der Waals surface area (Å²) >= 11 is 5.95. The number of halogens is 4. The number of hydrogen-bond donors (Lipinski definition) is 1. The Morgan fingerprint density at radius 2 is 1.75 bits per heavy atom. The zero-order chi connectivity index (χ0) is 14.8. The third kappa shape index (κ3) is 3.30. The second-order valence-corrected chi connectivity index (χ2v) is 4.43. The zero-order valence-electron chi connectivity index (χ0n) is 10.2. The molecule has 0 bridgehead atoms. The van der Waals surface area contributed by atoms with Gasteiger partial charge < -0.3 is 5.73 Å². The summed E-state index contributed by atoms with van der Waals surface area (Å²) in [5.41, 5.74) is 5.60. The normalized spacial score (nSPS) is 12.5. The molecule has 0 radical (unpaired) electrons. The third-order valence-electron chi connectivity index (χ3n) is 2.57. The van der Waals surface area contributed by atoms with Crippen molar-refractivity contribution in [2.24, 2.45) is 10.7 Å². The summed E-state index contributed by atoms with van der Waals surface area (Å²) in [6.45, 7) is 0. The maximum Gasteiger partial charge on any atom is 0.416 e. The molecule has 6 heteroatoms. The lowest BCUT2D eigenvalue weighted by molar-refractivity contribution is -0.137. The fraction of sp³-hybridized carbons (Fsp3) is 0.0714. The lowest BCUT2D eigenvalue weighted by Gasteiger charge is -2.07. The number of nitrogens with two attached hydrogens (primary N) is 1. The second-order valence-electron chi connectivity index (χ2n) is 4.02. The van der Waals surface area contributed by atoms with Gasteiger partial charge in [0.15, 0.2) is 0 Å². The Hall–Kier alpha value is -2.01. The number of amidine groups is 1. The van der Waals surface area contributed by atoms with Crippen molar-refractivity contribution >= 4 is 23.1 Å². The molecule has 0 atom stereocenters. The Bertz CT molecular complexity index is 651. The van der Waals surface area contributed by atoms with E-state index < -0.39 is 11.7 Å². The van der Waals surface area contributed by atoms with E-state index in [1.54, 1.807) is 24.3 Å². The van der Waals surface area contributed by atoms with Crippen LogP contribution in [-0.4, -0.2) is 5.84 Å². The van der Waals surface area contributed by atoms with Crippen molar-refractivity contribution in [1.82, 2.24) is 0 Å². The van der Waals surface area contributed by atoms with Gasteiger partial charge in [-0.3, -0.25) is 0 Å². The molecule has 0 saturated carbocycles. The van der Waals surface area contributed by atoms with Gasteiger partial charge in [0.05, 0.1) is 16.3 Å². The van der Waals surface area contributed by atoms with Crippen LogP contribution in [0.25, 0.3) is 0 Å². The lowest BCUT2D eigenvalue weighted by atomic mass is 10.2. The van der Waals surface area contributed by atoms with Crippen LogP contribution in [0.15, 0.2) is 53.5 Å². The van der Waals surface area contributed by atoms with Crippen LogP contribution in [-0.2, 0) is 6.18 Å². The lowest BCUT2D eigenvalue weighted by Crippen LogP contribution is -2.13. The quantitative estimate of drug-likeness (QED) is 0.648. The fourth-order valence-electron chi connectivity index (χ4n) is 1.62. The summed E-state index contributed by atoms with van der Waals surface area (Å²) < 4.78 is 37.8. The molecule has 2 rings (SSSR count). The van der Waals surface area contributed by atoms with Crippen molar-refractivity contribution < 1.29 is 13.2 Å². The molecular formula is C14H10ClF3N2. The molecule has 0 amide bonds. The van der Waals surface area contributed by atoms with Crippen LogP contribution in [0.3, 0.4) is 0 Å². The van der Waals surface area contributed by atoms with Gasteiger partial charge in [-0.1, -0.05) is 29.8 Å². The second kappa shape index (κ2) is 5.54. The molecule has 2 aromatic carbocycles. The van der Waals surface area contributed by atoms with Crippen LogP contribution in [0, 0.1) is 0 Å². The van der Waals surface area contributed by atoms with Gasteiger partial charge in [0.1, 0.15) is 5.84 Å². The molecule has 0 heterocycles. The van der Waals surface area contributed by atoms with E-state index in [4.69, 9.17) is 17.3 Å². The summed E-state index contributed by atoms with van der Waals surface area (Å²) in [6, 6.07) is 11.4. The van der Waals surface area contributed by atoms with Gasteiger partial charge in [-0.25, -0.2) is 4.99 Å². The van der Waals surface area contributed by atoms with E-state index in [0.29, 0.717) is 10.6 Å². The van der Waals surface area contributed by atoms with Gasteiger partial charge in [-0.05, 0) is 30.3 Å². The topological polar surface area (TPSA) is 38.4 Å². The first kappa shape index (κ1) is 14.4. The number of hydrogen-bond acceptors (Lipinski definition) is 1. The summed E-state index contributed by atoms with van der Waals surface area (Å²) in [5, 5.41) is 0.390. The maximum atomic E-state index is 12.6. The van der Waals surface area contributed by atoms with Crippen LogP contribution in [0.1, 0.15) is 11.1 Å². The predicted octanol–water partition coefficient (Wildman–Crippen LogP) is 4.40. The Morgan fingerprint density at radius 1 is 1.05 bits per heavy atom. The minimum atomic E-state index is -4.41. The first-order valence-electron chi connectivity index (χ1n) is 5.64. The van der Waals surface area contributed by atoms with E-state index in [9.17, 15) is 13.2 Å². The van der Waals surface area contributed by atoms with Crippen LogP contribution >= 0.6 is 11.6 Å². The maximum absolute atomic E-state index is 12.6. The van der Waals surface area contributed by atoms with Crippen molar-refractivity contribution in [3.8, 4) is 0 Å². The van der Waals surface area contributed by atoms with Crippen molar-refractivity contribution in [3.63, 3.8) is 0 Å². The first-order chi connectivity index (χ1) is 9.38. The van der Waals surface area contributed by atoms with Gasteiger partial charge in [0.2, 0.25) is 0 Å². The largest absolute Gasteiger partial charge is 0.416 e. The molecule has 2 nitrogen and oxygen atoms in total. The molecule has 0 aliphatic heterocycles. The van der Waals surface area contributed by atoms with Gasteiger partial charge in [0.25, 0.3) is 0 Å². The third-order valence-corrected chi connectivity index (χ3v) is 2.90. The van der Waals surface area contributed by atoms with Crippen LogP contribution in [0.4, 0.5) is 18.9 Å². The van der Waals surface area contributed by atoms with Crippen molar-refractivity contribution in [2.45, 2.75) is 6.18 Å². The SMILES string of the molecule is NC(=Nc1cccc(C(F)(F)F)c1)c1ccccc1Cl. The van der Waals surface area contributed by atoms with E-state index in [1.807, 2.05) is 0 Å². The van der Waals surface area contributed by atoms with Crippen molar-refractivity contribution in [3.05, 3.63) is 64.7 Å². The minimum Gasteiger partial charge on any atom is -0.383 e. The van der Waals surface area contributed by atoms with Crippen LogP contribution in [0.2, 0.25) is 5.02 Å². The standard InChI is InChI=1S/C14H10ClF3N2/c15-12-7-2-1-6-11(12)13(19)20-10-5-3-4-9(8-10)14(16,17)18/h1-8H,(H2,19,20). The Balaban J connectivity index is 2.38. The summed E-state index contributed by atoms with van der Waals surface area (Å²) in [4.78, 5) is 3.97. The Labute approximate surface area is 118 Å². The van der Waals surface area contributed by atoms with E-state index in [-0.39, 0.29) is 11.5 Å². The van der Waals surface area contributed by atoms with Gasteiger partial charge in [0, 0.05) is 5.56 Å². The van der Waals surface area contributed by atoms with Gasteiger partial charge >= 0.3 is 6.18 Å². The summed E-state index contributed by atoms with van der Waals surface area (Å²) in [5.74, 6) is 0.0647. The molecule has 104 valence electrons. The monoisotopic (exact) mass is 298 g/mol. The van der Waals surface area contributed by atoms with Crippen LogP contribution < -0.4 is 5.73 Å². The highest BCUT2D eigenvalue weighted by Gasteiger charge is 2.30. The molecular weight excluding hydrogens is 289 g/mol. The van der Waals surface area contributed by atoms with E-state index in [1.165, 1.54) is 12.1 Å². The number of rotatable bonds is 2. The average molecular weight is 299 g/mol. The highest BCUT2D eigenvalue weighted by Crippen LogP contribution is 2.31. The summed E-state index contributed by atoms with van der Waals surface area (Å²) in [7, 11) is 0. The molecule has 0 saturated heterocycles. The minimum absolute atomic E-state index is 0.0647. The molecule has 0 aliphatic carbocycles. The highest BCUT2D eigenvalue weighted by atomic mass is 35.5. The van der Waals surface area contributed by atoms with Gasteiger partial charge in [-0.15, -0.1) is 0 Å². The molecule has 2 N–H and O–H groups in total. The Kier molecular flexibility index (Phi) is 3.99. The highest BCUT2D eigenvalue weighted by molar-refractivity contribution is 6.34. The number of benzene rings is 2. The molecule has 0 fully saturated rings. The molecule has 0 aromatic heterocycles. The van der Waals surface area contributed by atoms with Crippen LogP contribution in [0.5, 0.6) is 0 Å². The molecule has 2 aromatic rings. The van der Waals surface area contributed by atoms with Crippen molar-refractivity contribution in [2.75, 3.05) is 0 Å². The molecule has 0 unspecified atom stereocenters. The first-order valence-corrected chi connectivity index (χ1v) is 6.02. The zero-order valence-corrected chi connectivity index (χ0v) is 10.9. The van der Waals surface area contributed by atoms with Gasteiger partial charge in [-0.2, -0.15) is 13.2 Å². The van der Waals surface area contributed by atoms with E-state index in [2.05, 4.69) is 4.99 Å². The van der Waals surface area contributed by atoms with Crippen molar-refractivity contribution in [1.29, 1.82) is 0 Å². The predicted molar refractivity (Wildman–Crippen MR) is 73.3 cm³/mol. The fourth-order valence-corrected chi connectivity index (χ4v) is 1.85. The van der Waals surface area contributed by atoms with E-state index in [0.717, 1.165) is 12.1 Å². The Morgan fingerprint density at radius 3 is 2.40 bits per heavy atom. The van der Waals surface area contributed by atoms with E-state index >= 15 is 0 Å². The molecule has 0 spiro atoms. The smallest absolute Gasteiger partial charge is 0.383 e. The molecule has 20 heavy (non-hydrogen) atoms. The molecule has 0 aliphatic rings. The summed E-state index contributed by atoms with van der Waals surface area (Å²) in [6.07, 6.45) is -4.41. The average Bonchev–Trinajstić information content (AvgIpc) is 2.38.